The minimum Gasteiger partial charge on any atom is -0.376 e. The lowest BCUT2D eigenvalue weighted by Gasteiger charge is -2.18. The van der Waals surface area contributed by atoms with E-state index >= 15 is 0 Å². The summed E-state index contributed by atoms with van der Waals surface area (Å²) in [5, 5.41) is 5.90. The molecule has 0 bridgehead atoms. The number of carbonyl (C=O) groups is 3. The lowest BCUT2D eigenvalue weighted by atomic mass is 10.1. The number of nitrogens with one attached hydrogen (secondary N) is 2. The van der Waals surface area contributed by atoms with Gasteiger partial charge in [-0.15, -0.1) is 0 Å². The van der Waals surface area contributed by atoms with Crippen molar-refractivity contribution in [1.29, 1.82) is 0 Å². The Labute approximate surface area is 177 Å². The molecule has 0 unspecified atom stereocenters. The minimum atomic E-state index is -0.184. The van der Waals surface area contributed by atoms with Crippen LogP contribution in [0.2, 0.25) is 0 Å². The topological polar surface area (TPSA) is 81.8 Å². The van der Waals surface area contributed by atoms with Crippen LogP contribution in [0, 0.1) is 0 Å². The van der Waals surface area contributed by atoms with Crippen molar-refractivity contribution in [3.63, 3.8) is 0 Å². The van der Waals surface area contributed by atoms with E-state index in [4.69, 9.17) is 0 Å². The van der Waals surface area contributed by atoms with Crippen LogP contribution in [0.15, 0.2) is 48.5 Å². The highest BCUT2D eigenvalue weighted by Gasteiger charge is 2.21. The zero-order chi connectivity index (χ0) is 21.5. The molecule has 0 aliphatic carbocycles. The van der Waals surface area contributed by atoms with E-state index in [0.717, 1.165) is 24.3 Å². The van der Waals surface area contributed by atoms with Gasteiger partial charge in [0.2, 0.25) is 11.8 Å². The Hall–Kier alpha value is -3.35. The number of amides is 3. The number of nitrogens with zero attached hydrogens (tertiary/aromatic N) is 2. The first-order valence-corrected chi connectivity index (χ1v) is 10.3. The molecule has 1 aliphatic rings. The number of carbonyl (C=O) groups excluding carboxylic acids is 3. The van der Waals surface area contributed by atoms with E-state index in [1.807, 2.05) is 38.1 Å². The van der Waals surface area contributed by atoms with Crippen molar-refractivity contribution < 1.29 is 14.4 Å². The Morgan fingerprint density at radius 2 is 1.60 bits per heavy atom. The highest BCUT2D eigenvalue weighted by atomic mass is 16.2. The van der Waals surface area contributed by atoms with Gasteiger partial charge in [0.05, 0.1) is 6.54 Å². The van der Waals surface area contributed by atoms with E-state index in [1.165, 1.54) is 0 Å². The van der Waals surface area contributed by atoms with E-state index in [1.54, 1.807) is 34.1 Å². The van der Waals surface area contributed by atoms with Gasteiger partial charge in [-0.2, -0.15) is 0 Å². The van der Waals surface area contributed by atoms with Crippen LogP contribution >= 0.6 is 0 Å². The maximum atomic E-state index is 12.3. The summed E-state index contributed by atoms with van der Waals surface area (Å²) in [5.74, 6) is -0.0462. The fourth-order valence-corrected chi connectivity index (χ4v) is 3.46. The molecule has 3 amide bonds. The van der Waals surface area contributed by atoms with Crippen molar-refractivity contribution in [2.45, 2.75) is 26.7 Å². The summed E-state index contributed by atoms with van der Waals surface area (Å²) in [6.45, 7) is 6.09. The third-order valence-corrected chi connectivity index (χ3v) is 5.17. The molecule has 158 valence electrons. The van der Waals surface area contributed by atoms with Gasteiger partial charge in [0, 0.05) is 48.7 Å². The third-order valence-electron chi connectivity index (χ3n) is 5.17. The van der Waals surface area contributed by atoms with Gasteiger partial charge in [0.25, 0.3) is 5.91 Å². The van der Waals surface area contributed by atoms with E-state index in [2.05, 4.69) is 10.6 Å². The predicted molar refractivity (Wildman–Crippen MR) is 119 cm³/mol. The SMILES string of the molecule is CCN(CC)C(=O)c1ccc(NC(=O)CNc2ccc(N3CCCC3=O)cc2)cc1. The summed E-state index contributed by atoms with van der Waals surface area (Å²) in [5.41, 5.74) is 2.93. The first-order chi connectivity index (χ1) is 14.5. The molecule has 2 aromatic rings. The zero-order valence-corrected chi connectivity index (χ0v) is 17.5. The second kappa shape index (κ2) is 9.91. The van der Waals surface area contributed by atoms with Crippen LogP contribution in [0.4, 0.5) is 17.1 Å². The van der Waals surface area contributed by atoms with Gasteiger partial charge in [-0.3, -0.25) is 14.4 Å². The molecule has 1 heterocycles. The summed E-state index contributed by atoms with van der Waals surface area (Å²) in [4.78, 5) is 39.9. The summed E-state index contributed by atoms with van der Waals surface area (Å²) < 4.78 is 0. The maximum absolute atomic E-state index is 12.3. The van der Waals surface area contributed by atoms with Crippen LogP contribution in [0.1, 0.15) is 37.0 Å². The number of anilines is 3. The normalized spacial score (nSPS) is 13.3. The lowest BCUT2D eigenvalue weighted by Crippen LogP contribution is -2.30. The molecule has 0 spiro atoms. The lowest BCUT2D eigenvalue weighted by molar-refractivity contribution is -0.117. The van der Waals surface area contributed by atoms with Crippen molar-refractivity contribution in [3.8, 4) is 0 Å². The molecule has 7 heteroatoms. The van der Waals surface area contributed by atoms with Gasteiger partial charge in [-0.1, -0.05) is 0 Å². The third kappa shape index (κ3) is 5.17. The predicted octanol–water partition coefficient (Wildman–Crippen LogP) is 3.35. The van der Waals surface area contributed by atoms with Gasteiger partial charge < -0.3 is 20.4 Å². The molecule has 7 nitrogen and oxygen atoms in total. The van der Waals surface area contributed by atoms with Crippen molar-refractivity contribution >= 4 is 34.8 Å². The Kier molecular flexibility index (Phi) is 7.06. The van der Waals surface area contributed by atoms with Crippen LogP contribution < -0.4 is 15.5 Å². The van der Waals surface area contributed by atoms with Crippen molar-refractivity contribution in [2.24, 2.45) is 0 Å². The minimum absolute atomic E-state index is 0.0152. The van der Waals surface area contributed by atoms with Gasteiger partial charge >= 0.3 is 0 Å². The molecule has 1 aliphatic heterocycles. The van der Waals surface area contributed by atoms with Crippen molar-refractivity contribution in [1.82, 2.24) is 4.90 Å². The van der Waals surface area contributed by atoms with Gasteiger partial charge in [-0.25, -0.2) is 0 Å². The summed E-state index contributed by atoms with van der Waals surface area (Å²) >= 11 is 0. The van der Waals surface area contributed by atoms with Crippen LogP contribution in [0.3, 0.4) is 0 Å². The number of hydrogen-bond donors (Lipinski definition) is 2. The first kappa shape index (κ1) is 21.4. The molecule has 2 N–H and O–H groups in total. The molecule has 1 saturated heterocycles. The molecule has 0 aromatic heterocycles. The molecular weight excluding hydrogens is 380 g/mol. The first-order valence-electron chi connectivity index (χ1n) is 10.3. The highest BCUT2D eigenvalue weighted by molar-refractivity contribution is 5.97. The summed E-state index contributed by atoms with van der Waals surface area (Å²) in [7, 11) is 0. The van der Waals surface area contributed by atoms with Crippen LogP contribution in [0.5, 0.6) is 0 Å². The summed E-state index contributed by atoms with van der Waals surface area (Å²) in [6, 6.07) is 14.4. The quantitative estimate of drug-likeness (QED) is 0.702. The molecule has 1 fully saturated rings. The van der Waals surface area contributed by atoms with Crippen molar-refractivity contribution in [3.05, 3.63) is 54.1 Å². The maximum Gasteiger partial charge on any atom is 0.253 e. The number of hydrogen-bond acceptors (Lipinski definition) is 4. The van der Waals surface area contributed by atoms with Gasteiger partial charge in [0.15, 0.2) is 0 Å². The molecule has 3 rings (SSSR count). The second-order valence-electron chi connectivity index (χ2n) is 7.15. The van der Waals surface area contributed by atoms with Crippen LogP contribution in [-0.2, 0) is 9.59 Å². The molecule has 0 radical (unpaired) electrons. The van der Waals surface area contributed by atoms with E-state index < -0.39 is 0 Å². The Morgan fingerprint density at radius 3 is 2.17 bits per heavy atom. The molecular formula is C23H28N4O3. The second-order valence-corrected chi connectivity index (χ2v) is 7.15. The van der Waals surface area contributed by atoms with E-state index in [-0.39, 0.29) is 24.3 Å². The molecule has 0 saturated carbocycles. The van der Waals surface area contributed by atoms with Crippen LogP contribution in [-0.4, -0.2) is 48.8 Å². The van der Waals surface area contributed by atoms with Gasteiger partial charge in [-0.05, 0) is 68.8 Å². The Morgan fingerprint density at radius 1 is 0.967 bits per heavy atom. The summed E-state index contributed by atoms with van der Waals surface area (Å²) in [6.07, 6.45) is 1.49. The fraction of sp³-hybridized carbons (Fsp3) is 0.348. The Bertz CT molecular complexity index is 890. The van der Waals surface area contributed by atoms with Crippen LogP contribution in [0.25, 0.3) is 0 Å². The molecule has 0 atom stereocenters. The van der Waals surface area contributed by atoms with Crippen molar-refractivity contribution in [2.75, 3.05) is 41.7 Å². The monoisotopic (exact) mass is 408 g/mol. The number of rotatable bonds is 8. The molecule has 2 aromatic carbocycles. The average molecular weight is 409 g/mol. The fourth-order valence-electron chi connectivity index (χ4n) is 3.46. The largest absolute Gasteiger partial charge is 0.376 e. The average Bonchev–Trinajstić information content (AvgIpc) is 3.20. The molecule has 30 heavy (non-hydrogen) atoms. The Balaban J connectivity index is 1.50. The number of benzene rings is 2. The van der Waals surface area contributed by atoms with E-state index in [9.17, 15) is 14.4 Å². The highest BCUT2D eigenvalue weighted by Crippen LogP contribution is 2.23. The van der Waals surface area contributed by atoms with E-state index in [0.29, 0.717) is 30.8 Å². The zero-order valence-electron chi connectivity index (χ0n) is 17.5. The standard InChI is InChI=1S/C23H28N4O3/c1-3-26(4-2)23(30)17-7-9-19(10-8-17)25-21(28)16-24-18-11-13-20(14-12-18)27-15-5-6-22(27)29/h7-14,24H,3-6,15-16H2,1-2H3,(H,25,28). The smallest absolute Gasteiger partial charge is 0.253 e. The van der Waals surface area contributed by atoms with Gasteiger partial charge in [0.1, 0.15) is 0 Å².